The molecule has 13 nitrogen and oxygen atoms in total. The molecule has 1 aromatic rings. The monoisotopic (exact) mass is 223 g/mol. The summed E-state index contributed by atoms with van der Waals surface area (Å²) < 4.78 is 0. The largest absolute Gasteiger partial charge is 0.288 e. The molecule has 13 heteroatoms. The van der Waals surface area contributed by atoms with Crippen LogP contribution in [0.4, 0.5) is 17.8 Å². The summed E-state index contributed by atoms with van der Waals surface area (Å²) in [5.41, 5.74) is 17.8. The van der Waals surface area contributed by atoms with Gasteiger partial charge in [-0.25, -0.2) is 15.1 Å². The number of hydrogen-bond acceptors (Lipinski definition) is 7. The normalized spacial score (nSPS) is 8.50. The van der Waals surface area contributed by atoms with Crippen LogP contribution in [0.5, 0.6) is 0 Å². The molecule has 1 N–H and O–H groups in total. The van der Waals surface area contributed by atoms with Crippen molar-refractivity contribution in [1.82, 2.24) is 15.0 Å². The third-order valence-electron chi connectivity index (χ3n) is 1.07. The van der Waals surface area contributed by atoms with Crippen LogP contribution in [0.25, 0.3) is 20.9 Å². The zero-order valence-electron chi connectivity index (χ0n) is 7.29. The van der Waals surface area contributed by atoms with Crippen LogP contribution in [0.1, 0.15) is 0 Å². The minimum absolute atomic E-state index is 0.454. The molecular weight excluding hydrogens is 222 g/mol. The van der Waals surface area contributed by atoms with Gasteiger partial charge in [-0.2, -0.15) is 9.97 Å². The van der Waals surface area contributed by atoms with Gasteiger partial charge in [0, 0.05) is 9.82 Å². The highest BCUT2D eigenvalue weighted by atomic mass is 16.7. The second kappa shape index (κ2) is 4.90. The van der Waals surface area contributed by atoms with Crippen LogP contribution in [-0.2, 0) is 0 Å². The molecule has 0 saturated carbocycles. The van der Waals surface area contributed by atoms with E-state index in [1.165, 1.54) is 0 Å². The number of hydrazine groups is 1. The molecule has 1 aromatic heterocycles. The van der Waals surface area contributed by atoms with Gasteiger partial charge in [0.05, 0.1) is 0 Å². The average Bonchev–Trinajstić information content (AvgIpc) is 2.17. The van der Waals surface area contributed by atoms with Crippen molar-refractivity contribution in [3.63, 3.8) is 0 Å². The van der Waals surface area contributed by atoms with E-state index < -0.39 is 22.9 Å². The molecule has 0 spiro atoms. The van der Waals surface area contributed by atoms with E-state index in [0.29, 0.717) is 0 Å². The number of nitrogens with zero attached hydrogens (tertiary/aromatic N) is 10. The van der Waals surface area contributed by atoms with E-state index in [-0.39, 0.29) is 0 Å². The molecule has 0 bridgehead atoms. The second-order valence-corrected chi connectivity index (χ2v) is 2.01. The first-order chi connectivity index (χ1) is 7.65. The highest BCUT2D eigenvalue weighted by Crippen LogP contribution is 2.13. The highest BCUT2D eigenvalue weighted by Gasteiger charge is 2.07. The summed E-state index contributed by atoms with van der Waals surface area (Å²) in [5.74, 6) is -1.42. The molecule has 0 aromatic carbocycles. The third-order valence-corrected chi connectivity index (χ3v) is 1.07. The Morgan fingerprint density at radius 2 is 1.69 bits per heavy atom. The first-order valence-corrected chi connectivity index (χ1v) is 3.43. The van der Waals surface area contributed by atoms with E-state index >= 15 is 0 Å². The van der Waals surface area contributed by atoms with Crippen molar-refractivity contribution in [2.45, 2.75) is 0 Å². The van der Waals surface area contributed by atoms with Crippen LogP contribution >= 0.6 is 0 Å². The van der Waals surface area contributed by atoms with Gasteiger partial charge in [0.1, 0.15) is 0 Å². The van der Waals surface area contributed by atoms with E-state index in [9.17, 15) is 10.1 Å². The van der Waals surface area contributed by atoms with Gasteiger partial charge in [-0.3, -0.25) is 0 Å². The van der Waals surface area contributed by atoms with Gasteiger partial charge >= 0.3 is 0 Å². The van der Waals surface area contributed by atoms with Crippen molar-refractivity contribution in [1.29, 1.82) is 0 Å². The van der Waals surface area contributed by atoms with Crippen LogP contribution in [-0.4, -0.2) is 20.0 Å². The van der Waals surface area contributed by atoms with Gasteiger partial charge in [-0.1, -0.05) is 5.43 Å². The minimum Gasteiger partial charge on any atom is -0.234 e. The molecule has 16 heavy (non-hydrogen) atoms. The fourth-order valence-electron chi connectivity index (χ4n) is 0.655. The summed E-state index contributed by atoms with van der Waals surface area (Å²) in [5, 5.41) is 15.1. The standard InChI is InChI=1S/C3HN11O2/c4-12-9-1-6-2(10-13-5)8-3(7-1)11-14(15)16/h(H,6,7,8,11). The molecule has 0 unspecified atom stereocenters. The van der Waals surface area contributed by atoms with Gasteiger partial charge in [0.25, 0.3) is 5.95 Å². The van der Waals surface area contributed by atoms with Crippen molar-refractivity contribution < 1.29 is 5.03 Å². The third kappa shape index (κ3) is 2.95. The number of nitro groups is 1. The molecule has 0 saturated heterocycles. The van der Waals surface area contributed by atoms with E-state index in [2.05, 4.69) is 35.0 Å². The minimum atomic E-state index is -0.935. The van der Waals surface area contributed by atoms with E-state index in [1.807, 2.05) is 0 Å². The van der Waals surface area contributed by atoms with E-state index in [0.717, 1.165) is 0 Å². The molecular formula is C3HN11O2. The maximum Gasteiger partial charge on any atom is 0.288 e. The number of azide groups is 2. The molecule has 0 aliphatic heterocycles. The highest BCUT2D eigenvalue weighted by molar-refractivity contribution is 5.34. The molecule has 0 radical (unpaired) electrons. The molecule has 0 amide bonds. The van der Waals surface area contributed by atoms with Crippen LogP contribution < -0.4 is 5.43 Å². The fourth-order valence-corrected chi connectivity index (χ4v) is 0.655. The van der Waals surface area contributed by atoms with Gasteiger partial charge < -0.3 is 0 Å². The smallest absolute Gasteiger partial charge is 0.234 e. The summed E-state index contributed by atoms with van der Waals surface area (Å²) in [6.45, 7) is 0. The Balaban J connectivity index is 3.22. The van der Waals surface area contributed by atoms with Crippen LogP contribution in [0.3, 0.4) is 0 Å². The summed E-state index contributed by atoms with van der Waals surface area (Å²) >= 11 is 0. The lowest BCUT2D eigenvalue weighted by Gasteiger charge is -1.97. The number of hydrogen-bond donors (Lipinski definition) is 1. The maximum absolute atomic E-state index is 10.1. The zero-order valence-corrected chi connectivity index (χ0v) is 7.29. The van der Waals surface area contributed by atoms with Crippen LogP contribution in [0.2, 0.25) is 0 Å². The van der Waals surface area contributed by atoms with Crippen molar-refractivity contribution in [3.05, 3.63) is 31.0 Å². The first kappa shape index (κ1) is 10.9. The van der Waals surface area contributed by atoms with E-state index in [1.54, 1.807) is 5.43 Å². The Kier molecular flexibility index (Phi) is 3.34. The maximum atomic E-state index is 10.1. The Hall–Kier alpha value is -3.17. The first-order valence-electron chi connectivity index (χ1n) is 3.43. The van der Waals surface area contributed by atoms with Crippen molar-refractivity contribution in [3.8, 4) is 0 Å². The summed E-state index contributed by atoms with van der Waals surface area (Å²) in [6.07, 6.45) is 0. The Morgan fingerprint density at radius 3 is 2.06 bits per heavy atom. The van der Waals surface area contributed by atoms with Gasteiger partial charge in [0.15, 0.2) is 5.03 Å². The molecule has 0 aliphatic carbocycles. The molecule has 0 atom stereocenters. The SMILES string of the molecule is [N-]=[N+]=Nc1nc(N=[N+]=[N-])nc(N[N+](=O)[O-])n1. The lowest BCUT2D eigenvalue weighted by Crippen LogP contribution is -2.11. The van der Waals surface area contributed by atoms with Gasteiger partial charge in [-0.15, -0.1) is 0 Å². The number of aromatic nitrogens is 3. The van der Waals surface area contributed by atoms with Gasteiger partial charge in [0.2, 0.25) is 11.9 Å². The van der Waals surface area contributed by atoms with Crippen molar-refractivity contribution in [2.75, 3.05) is 5.43 Å². The fraction of sp³-hybridized carbons (Fsp3) is 0. The molecule has 0 aliphatic rings. The Morgan fingerprint density at radius 1 is 1.19 bits per heavy atom. The molecule has 0 fully saturated rings. The quantitative estimate of drug-likeness (QED) is 0.263. The number of rotatable bonds is 4. The van der Waals surface area contributed by atoms with Crippen LogP contribution in [0, 0.1) is 10.1 Å². The van der Waals surface area contributed by atoms with Crippen LogP contribution in [0.15, 0.2) is 10.2 Å². The average molecular weight is 223 g/mol. The summed E-state index contributed by atoms with van der Waals surface area (Å²) in [7, 11) is 0. The number of anilines is 1. The lowest BCUT2D eigenvalue weighted by atomic mass is 10.8. The summed E-state index contributed by atoms with van der Waals surface area (Å²) in [4.78, 5) is 25.0. The van der Waals surface area contributed by atoms with E-state index in [4.69, 9.17) is 11.1 Å². The molecule has 1 rings (SSSR count). The number of nitrogens with one attached hydrogen (secondary N) is 1. The second-order valence-electron chi connectivity index (χ2n) is 2.01. The van der Waals surface area contributed by atoms with Crippen molar-refractivity contribution >= 4 is 17.8 Å². The molecule has 1 heterocycles. The lowest BCUT2D eigenvalue weighted by molar-refractivity contribution is -0.446. The summed E-state index contributed by atoms with van der Waals surface area (Å²) in [6, 6.07) is 0. The molecule has 80 valence electrons. The van der Waals surface area contributed by atoms with Gasteiger partial charge in [-0.05, 0) is 21.3 Å². The van der Waals surface area contributed by atoms with Crippen molar-refractivity contribution in [2.24, 2.45) is 10.2 Å². The topological polar surface area (TPSA) is 191 Å². The zero-order chi connectivity index (χ0) is 12.0. The Bertz CT molecular complexity index is 474. The predicted molar refractivity (Wildman–Crippen MR) is 48.1 cm³/mol. The predicted octanol–water partition coefficient (Wildman–Crippen LogP) is 1.36. The Labute approximate surface area is 85.5 Å².